The van der Waals surface area contributed by atoms with Crippen molar-refractivity contribution in [3.05, 3.63) is 121 Å². The van der Waals surface area contributed by atoms with Crippen LogP contribution in [0.5, 0.6) is 0 Å². The first-order chi connectivity index (χ1) is 15.3. The summed E-state index contributed by atoms with van der Waals surface area (Å²) >= 11 is 0. The molecule has 0 saturated carbocycles. The zero-order valence-electron chi connectivity index (χ0n) is 17.4. The highest BCUT2D eigenvalue weighted by Crippen LogP contribution is 2.28. The van der Waals surface area contributed by atoms with E-state index in [2.05, 4.69) is 120 Å². The summed E-state index contributed by atoms with van der Waals surface area (Å²) in [6, 6.07) is 38.1. The first kappa shape index (κ1) is 19.0. The molecule has 0 aliphatic rings. The Balaban J connectivity index is 1.41. The van der Waals surface area contributed by atoms with E-state index in [4.69, 9.17) is 0 Å². The molecule has 0 atom stereocenters. The second-order valence-electron chi connectivity index (χ2n) is 7.68. The number of hydrogen-bond donors (Lipinski definition) is 0. The smallest absolute Gasteiger partial charge is 0.116 e. The minimum atomic E-state index is 0.923. The summed E-state index contributed by atoms with van der Waals surface area (Å²) in [6.45, 7) is 2.12. The minimum absolute atomic E-state index is 0.923. The van der Waals surface area contributed by atoms with Gasteiger partial charge in [0.05, 0.1) is 11.4 Å². The van der Waals surface area contributed by atoms with Gasteiger partial charge in [-0.25, -0.2) is 9.97 Å². The van der Waals surface area contributed by atoms with E-state index in [0.717, 1.165) is 22.5 Å². The summed E-state index contributed by atoms with van der Waals surface area (Å²) < 4.78 is 0. The molecule has 5 rings (SSSR count). The SMILES string of the molecule is Cc1cccc(-c2ccc(-c3cc(-c4ccc(-c5ccccc5)cc4)ncn3)cc2)c1. The summed E-state index contributed by atoms with van der Waals surface area (Å²) in [4.78, 5) is 9.01. The molecule has 0 aliphatic heterocycles. The fourth-order valence-corrected chi connectivity index (χ4v) is 3.80. The van der Waals surface area contributed by atoms with Gasteiger partial charge in [0.15, 0.2) is 0 Å². The number of benzene rings is 4. The van der Waals surface area contributed by atoms with E-state index in [0.29, 0.717) is 0 Å². The Labute approximate surface area is 182 Å². The molecule has 1 heterocycles. The number of nitrogens with zero attached hydrogens (tertiary/aromatic N) is 2. The van der Waals surface area contributed by atoms with Gasteiger partial charge in [-0.3, -0.25) is 0 Å². The number of aryl methyl sites for hydroxylation is 1. The van der Waals surface area contributed by atoms with Crippen LogP contribution >= 0.6 is 0 Å². The normalized spacial score (nSPS) is 10.7. The zero-order chi connectivity index (χ0) is 21.0. The van der Waals surface area contributed by atoms with Gasteiger partial charge in [-0.2, -0.15) is 0 Å². The van der Waals surface area contributed by atoms with Gasteiger partial charge >= 0.3 is 0 Å². The third-order valence-electron chi connectivity index (χ3n) is 5.49. The van der Waals surface area contributed by atoms with E-state index in [1.807, 2.05) is 6.07 Å². The third kappa shape index (κ3) is 4.15. The largest absolute Gasteiger partial charge is 0.236 e. The first-order valence-electron chi connectivity index (χ1n) is 10.4. The topological polar surface area (TPSA) is 25.8 Å². The van der Waals surface area contributed by atoms with Gasteiger partial charge < -0.3 is 0 Å². The molecule has 1 aromatic heterocycles. The third-order valence-corrected chi connectivity index (χ3v) is 5.49. The van der Waals surface area contributed by atoms with Crippen molar-refractivity contribution in [2.24, 2.45) is 0 Å². The fourth-order valence-electron chi connectivity index (χ4n) is 3.80. The van der Waals surface area contributed by atoms with Crippen molar-refractivity contribution in [3.8, 4) is 44.8 Å². The Kier molecular flexibility index (Phi) is 5.12. The lowest BCUT2D eigenvalue weighted by molar-refractivity contribution is 1.18. The molecule has 2 heteroatoms. The van der Waals surface area contributed by atoms with E-state index >= 15 is 0 Å². The molecule has 5 aromatic rings. The molecule has 148 valence electrons. The Bertz CT molecular complexity index is 1310. The van der Waals surface area contributed by atoms with E-state index < -0.39 is 0 Å². The second kappa shape index (κ2) is 8.37. The molecular weight excluding hydrogens is 376 g/mol. The molecule has 0 bridgehead atoms. The van der Waals surface area contributed by atoms with Crippen LogP contribution in [0.2, 0.25) is 0 Å². The standard InChI is InChI=1S/C29H22N2/c1-21-6-5-9-27(18-21)24-12-16-26(17-13-24)29-19-28(30-20-31-29)25-14-10-23(11-15-25)22-7-3-2-4-8-22/h2-20H,1H3. The highest BCUT2D eigenvalue weighted by Gasteiger charge is 2.06. The van der Waals surface area contributed by atoms with Crippen LogP contribution in [0.15, 0.2) is 116 Å². The Hall–Kier alpha value is -4.04. The molecule has 4 aromatic carbocycles. The van der Waals surface area contributed by atoms with Gasteiger partial charge in [-0.1, -0.05) is 109 Å². The maximum absolute atomic E-state index is 4.51. The highest BCUT2D eigenvalue weighted by atomic mass is 14.8. The van der Waals surface area contributed by atoms with Crippen molar-refractivity contribution in [1.82, 2.24) is 9.97 Å². The first-order valence-corrected chi connectivity index (χ1v) is 10.4. The quantitative estimate of drug-likeness (QED) is 0.314. The van der Waals surface area contributed by atoms with Crippen molar-refractivity contribution in [1.29, 1.82) is 0 Å². The molecule has 0 amide bonds. The van der Waals surface area contributed by atoms with Crippen LogP contribution in [-0.2, 0) is 0 Å². The maximum Gasteiger partial charge on any atom is 0.116 e. The van der Waals surface area contributed by atoms with E-state index in [-0.39, 0.29) is 0 Å². The fraction of sp³-hybridized carbons (Fsp3) is 0.0345. The lowest BCUT2D eigenvalue weighted by atomic mass is 10.00. The summed E-state index contributed by atoms with van der Waals surface area (Å²) in [5, 5.41) is 0. The number of aromatic nitrogens is 2. The van der Waals surface area contributed by atoms with Crippen LogP contribution in [0.3, 0.4) is 0 Å². The number of rotatable bonds is 4. The van der Waals surface area contributed by atoms with Crippen molar-refractivity contribution < 1.29 is 0 Å². The summed E-state index contributed by atoms with van der Waals surface area (Å²) in [7, 11) is 0. The molecule has 0 N–H and O–H groups in total. The van der Waals surface area contributed by atoms with Crippen molar-refractivity contribution in [2.75, 3.05) is 0 Å². The van der Waals surface area contributed by atoms with Crippen molar-refractivity contribution in [2.45, 2.75) is 6.92 Å². The van der Waals surface area contributed by atoms with E-state index in [1.54, 1.807) is 6.33 Å². The van der Waals surface area contributed by atoms with Crippen LogP contribution < -0.4 is 0 Å². The Morgan fingerprint density at radius 2 is 0.903 bits per heavy atom. The van der Waals surface area contributed by atoms with Gasteiger partial charge in [-0.15, -0.1) is 0 Å². The van der Waals surface area contributed by atoms with Crippen molar-refractivity contribution in [3.63, 3.8) is 0 Å². The zero-order valence-corrected chi connectivity index (χ0v) is 17.4. The summed E-state index contributed by atoms with van der Waals surface area (Å²) in [6.07, 6.45) is 1.64. The van der Waals surface area contributed by atoms with Gasteiger partial charge in [-0.05, 0) is 35.2 Å². The predicted molar refractivity (Wildman–Crippen MR) is 129 cm³/mol. The Morgan fingerprint density at radius 3 is 1.48 bits per heavy atom. The average Bonchev–Trinajstić information content (AvgIpc) is 2.85. The van der Waals surface area contributed by atoms with Crippen LogP contribution in [-0.4, -0.2) is 9.97 Å². The van der Waals surface area contributed by atoms with Gasteiger partial charge in [0, 0.05) is 11.1 Å². The molecule has 0 unspecified atom stereocenters. The molecule has 0 saturated heterocycles. The van der Waals surface area contributed by atoms with Crippen LogP contribution in [0.4, 0.5) is 0 Å². The molecular formula is C29H22N2. The van der Waals surface area contributed by atoms with Crippen LogP contribution in [0, 0.1) is 6.92 Å². The molecule has 0 radical (unpaired) electrons. The maximum atomic E-state index is 4.51. The van der Waals surface area contributed by atoms with E-state index in [1.165, 1.54) is 27.8 Å². The average molecular weight is 399 g/mol. The predicted octanol–water partition coefficient (Wildman–Crippen LogP) is 7.45. The lowest BCUT2D eigenvalue weighted by Gasteiger charge is -2.08. The Morgan fingerprint density at radius 1 is 0.419 bits per heavy atom. The second-order valence-corrected chi connectivity index (χ2v) is 7.68. The lowest BCUT2D eigenvalue weighted by Crippen LogP contribution is -1.90. The minimum Gasteiger partial charge on any atom is -0.236 e. The van der Waals surface area contributed by atoms with Crippen LogP contribution in [0.1, 0.15) is 5.56 Å². The number of hydrogen-bond acceptors (Lipinski definition) is 2. The molecule has 2 nitrogen and oxygen atoms in total. The monoisotopic (exact) mass is 398 g/mol. The molecule has 0 aliphatic carbocycles. The van der Waals surface area contributed by atoms with Crippen LogP contribution in [0.25, 0.3) is 44.8 Å². The molecule has 0 spiro atoms. The van der Waals surface area contributed by atoms with Gasteiger partial charge in [0.1, 0.15) is 6.33 Å². The van der Waals surface area contributed by atoms with Crippen molar-refractivity contribution >= 4 is 0 Å². The van der Waals surface area contributed by atoms with Gasteiger partial charge in [0.25, 0.3) is 0 Å². The highest BCUT2D eigenvalue weighted by molar-refractivity contribution is 5.73. The van der Waals surface area contributed by atoms with E-state index in [9.17, 15) is 0 Å². The molecule has 0 fully saturated rings. The summed E-state index contributed by atoms with van der Waals surface area (Å²) in [5.74, 6) is 0. The molecule has 31 heavy (non-hydrogen) atoms. The van der Waals surface area contributed by atoms with Gasteiger partial charge in [0.2, 0.25) is 0 Å². The summed E-state index contributed by atoms with van der Waals surface area (Å²) in [5.41, 5.74) is 10.1.